The molecule has 0 radical (unpaired) electrons. The van der Waals surface area contributed by atoms with Crippen molar-refractivity contribution in [3.05, 3.63) is 51.7 Å². The van der Waals surface area contributed by atoms with Crippen LogP contribution in [0.2, 0.25) is 0 Å². The van der Waals surface area contributed by atoms with Gasteiger partial charge in [0.25, 0.3) is 5.91 Å². The number of likely N-dealkylation sites (tertiary alicyclic amines) is 1. The molecule has 0 aromatic carbocycles. The molecule has 3 aromatic heterocycles. The van der Waals surface area contributed by atoms with Crippen molar-refractivity contribution < 1.29 is 9.59 Å². The number of piperidine rings is 1. The van der Waals surface area contributed by atoms with Gasteiger partial charge in [-0.25, -0.2) is 0 Å². The fourth-order valence-electron chi connectivity index (χ4n) is 3.40. The summed E-state index contributed by atoms with van der Waals surface area (Å²) in [7, 11) is 0. The Morgan fingerprint density at radius 1 is 1.18 bits per heavy atom. The first kappa shape index (κ1) is 18.9. The lowest BCUT2D eigenvalue weighted by molar-refractivity contribution is -0.126. The van der Waals surface area contributed by atoms with Crippen molar-refractivity contribution >= 4 is 34.5 Å². The van der Waals surface area contributed by atoms with Gasteiger partial charge in [-0.2, -0.15) is 5.10 Å². The predicted octanol–water partition coefficient (Wildman–Crippen LogP) is 3.41. The molecule has 2 amide bonds. The first-order valence-electron chi connectivity index (χ1n) is 9.39. The molecule has 0 spiro atoms. The van der Waals surface area contributed by atoms with Crippen LogP contribution in [0.4, 0.5) is 0 Å². The van der Waals surface area contributed by atoms with E-state index in [1.807, 2.05) is 29.0 Å². The lowest BCUT2D eigenvalue weighted by Crippen LogP contribution is -2.43. The van der Waals surface area contributed by atoms with Crippen molar-refractivity contribution in [3.63, 3.8) is 0 Å². The highest BCUT2D eigenvalue weighted by Crippen LogP contribution is 2.24. The number of aromatic nitrogens is 2. The average Bonchev–Trinajstić information content (AvgIpc) is 3.49. The maximum Gasteiger partial charge on any atom is 0.274 e. The molecular formula is C20H22N4O2S2. The molecule has 0 unspecified atom stereocenters. The average molecular weight is 415 g/mol. The summed E-state index contributed by atoms with van der Waals surface area (Å²) < 4.78 is 0. The Morgan fingerprint density at radius 3 is 2.68 bits per heavy atom. The Bertz CT molecular complexity index is 910. The van der Waals surface area contributed by atoms with Gasteiger partial charge in [-0.05, 0) is 48.2 Å². The summed E-state index contributed by atoms with van der Waals surface area (Å²) in [5.41, 5.74) is 1.29. The monoisotopic (exact) mass is 414 g/mol. The molecule has 0 saturated carbocycles. The minimum Gasteiger partial charge on any atom is -0.355 e. The fraction of sp³-hybridized carbons (Fsp3) is 0.350. The lowest BCUT2D eigenvalue weighted by atomic mass is 9.95. The van der Waals surface area contributed by atoms with Gasteiger partial charge in [0.1, 0.15) is 0 Å². The zero-order valence-corrected chi connectivity index (χ0v) is 17.0. The van der Waals surface area contributed by atoms with Crippen molar-refractivity contribution in [2.45, 2.75) is 19.3 Å². The Hall–Kier alpha value is -2.45. The molecule has 0 atom stereocenters. The smallest absolute Gasteiger partial charge is 0.274 e. The Labute approximate surface area is 171 Å². The van der Waals surface area contributed by atoms with E-state index in [0.29, 0.717) is 38.2 Å². The second-order valence-corrected chi connectivity index (χ2v) is 8.81. The summed E-state index contributed by atoms with van der Waals surface area (Å²) in [5, 5.41) is 14.2. The van der Waals surface area contributed by atoms with Gasteiger partial charge in [-0.15, -0.1) is 22.7 Å². The lowest BCUT2D eigenvalue weighted by Gasteiger charge is -2.30. The molecule has 1 aliphatic heterocycles. The second-order valence-electron chi connectivity index (χ2n) is 6.83. The Balaban J connectivity index is 1.25. The first-order chi connectivity index (χ1) is 13.7. The second kappa shape index (κ2) is 8.70. The van der Waals surface area contributed by atoms with Gasteiger partial charge in [0.15, 0.2) is 5.69 Å². The number of aromatic amines is 1. The van der Waals surface area contributed by atoms with Gasteiger partial charge in [0.05, 0.1) is 10.6 Å². The zero-order valence-electron chi connectivity index (χ0n) is 15.4. The van der Waals surface area contributed by atoms with Crippen molar-refractivity contribution in [1.29, 1.82) is 0 Å². The van der Waals surface area contributed by atoms with Crippen LogP contribution in [0.25, 0.3) is 10.6 Å². The maximum atomic E-state index is 12.7. The van der Waals surface area contributed by atoms with E-state index in [2.05, 4.69) is 21.6 Å². The first-order valence-corrected chi connectivity index (χ1v) is 11.2. The molecule has 0 bridgehead atoms. The minimum atomic E-state index is -0.0735. The largest absolute Gasteiger partial charge is 0.355 e. The van der Waals surface area contributed by atoms with E-state index in [-0.39, 0.29) is 17.7 Å². The van der Waals surface area contributed by atoms with Gasteiger partial charge >= 0.3 is 0 Å². The number of hydrogen-bond donors (Lipinski definition) is 2. The van der Waals surface area contributed by atoms with Crippen molar-refractivity contribution in [3.8, 4) is 10.6 Å². The number of thiophene rings is 2. The summed E-state index contributed by atoms with van der Waals surface area (Å²) in [6, 6.07) is 9.88. The third kappa shape index (κ3) is 4.34. The number of nitrogens with zero attached hydrogens (tertiary/aromatic N) is 2. The van der Waals surface area contributed by atoms with Gasteiger partial charge in [-0.1, -0.05) is 12.1 Å². The Kier molecular flexibility index (Phi) is 5.87. The van der Waals surface area contributed by atoms with Crippen molar-refractivity contribution in [1.82, 2.24) is 20.4 Å². The fourth-order valence-corrected chi connectivity index (χ4v) is 4.81. The molecular weight excluding hydrogens is 392 g/mol. The molecule has 0 aliphatic carbocycles. The van der Waals surface area contributed by atoms with Crippen LogP contribution >= 0.6 is 22.7 Å². The maximum absolute atomic E-state index is 12.7. The van der Waals surface area contributed by atoms with Crippen LogP contribution in [0.15, 0.2) is 41.1 Å². The summed E-state index contributed by atoms with van der Waals surface area (Å²) in [6.07, 6.45) is 2.25. The number of carbonyl (C=O) groups excluding carboxylic acids is 2. The molecule has 28 heavy (non-hydrogen) atoms. The normalized spacial score (nSPS) is 14.9. The highest BCUT2D eigenvalue weighted by Gasteiger charge is 2.28. The SMILES string of the molecule is O=C(NCCc1cccs1)C1CCN(C(=O)c2cc(-c3cccs3)[nH]n2)CC1. The van der Waals surface area contributed by atoms with Crippen molar-refractivity contribution in [2.24, 2.45) is 5.92 Å². The molecule has 2 N–H and O–H groups in total. The van der Waals surface area contributed by atoms with E-state index >= 15 is 0 Å². The van der Waals surface area contributed by atoms with Gasteiger partial charge in [-0.3, -0.25) is 14.7 Å². The van der Waals surface area contributed by atoms with Crippen LogP contribution in [-0.2, 0) is 11.2 Å². The van der Waals surface area contributed by atoms with E-state index in [1.54, 1.807) is 33.6 Å². The number of rotatable bonds is 6. The summed E-state index contributed by atoms with van der Waals surface area (Å²) >= 11 is 3.31. The zero-order chi connectivity index (χ0) is 19.3. The van der Waals surface area contributed by atoms with E-state index in [9.17, 15) is 9.59 Å². The van der Waals surface area contributed by atoms with Crippen molar-refractivity contribution in [2.75, 3.05) is 19.6 Å². The summed E-state index contributed by atoms with van der Waals surface area (Å²) in [5.74, 6) is 0.00673. The number of amides is 2. The highest BCUT2D eigenvalue weighted by molar-refractivity contribution is 7.13. The van der Waals surface area contributed by atoms with Gasteiger partial charge in [0, 0.05) is 30.4 Å². The van der Waals surface area contributed by atoms with E-state index < -0.39 is 0 Å². The van der Waals surface area contributed by atoms with Gasteiger partial charge < -0.3 is 10.2 Å². The molecule has 4 rings (SSSR count). The van der Waals surface area contributed by atoms with E-state index in [0.717, 1.165) is 17.0 Å². The number of H-pyrrole nitrogens is 1. The molecule has 4 heterocycles. The van der Waals surface area contributed by atoms with Crippen LogP contribution in [0.1, 0.15) is 28.2 Å². The van der Waals surface area contributed by atoms with Crippen LogP contribution in [0.3, 0.4) is 0 Å². The molecule has 1 fully saturated rings. The third-order valence-electron chi connectivity index (χ3n) is 4.99. The van der Waals surface area contributed by atoms with Crippen LogP contribution < -0.4 is 5.32 Å². The molecule has 8 heteroatoms. The topological polar surface area (TPSA) is 78.1 Å². The molecule has 1 saturated heterocycles. The number of nitrogens with one attached hydrogen (secondary N) is 2. The summed E-state index contributed by atoms with van der Waals surface area (Å²) in [4.78, 5) is 29.2. The molecule has 3 aromatic rings. The minimum absolute atomic E-state index is 0.0201. The van der Waals surface area contributed by atoms with Crippen LogP contribution in [-0.4, -0.2) is 46.5 Å². The van der Waals surface area contributed by atoms with E-state index in [4.69, 9.17) is 0 Å². The quantitative estimate of drug-likeness (QED) is 0.649. The standard InChI is InChI=1S/C20H22N4O2S2/c25-19(21-8-5-15-3-1-11-27-15)14-6-9-24(10-7-14)20(26)17-13-16(22-23-17)18-4-2-12-28-18/h1-4,11-14H,5-10H2,(H,21,25)(H,22,23). The van der Waals surface area contributed by atoms with Crippen LogP contribution in [0, 0.1) is 5.92 Å². The number of hydrogen-bond acceptors (Lipinski definition) is 5. The molecule has 1 aliphatic rings. The van der Waals surface area contributed by atoms with Crippen LogP contribution in [0.5, 0.6) is 0 Å². The molecule has 146 valence electrons. The summed E-state index contributed by atoms with van der Waals surface area (Å²) in [6.45, 7) is 1.84. The van der Waals surface area contributed by atoms with E-state index in [1.165, 1.54) is 4.88 Å². The predicted molar refractivity (Wildman–Crippen MR) is 112 cm³/mol. The van der Waals surface area contributed by atoms with Gasteiger partial charge in [0.2, 0.25) is 5.91 Å². The molecule has 6 nitrogen and oxygen atoms in total. The highest BCUT2D eigenvalue weighted by atomic mass is 32.1. The Morgan fingerprint density at radius 2 is 1.96 bits per heavy atom. The number of carbonyl (C=O) groups is 2. The third-order valence-corrected chi connectivity index (χ3v) is 6.83.